The second-order valence-electron chi connectivity index (χ2n) is 8.34. The van der Waals surface area contributed by atoms with Crippen molar-refractivity contribution in [2.24, 2.45) is 5.92 Å². The summed E-state index contributed by atoms with van der Waals surface area (Å²) in [7, 11) is 0. The third-order valence-corrected chi connectivity index (χ3v) is 6.26. The molecular weight excluding hydrogens is 352 g/mol. The molecule has 0 spiro atoms. The molecule has 1 saturated carbocycles. The first-order valence-corrected chi connectivity index (χ1v) is 11.3. The predicted molar refractivity (Wildman–Crippen MR) is 125 cm³/mol. The first-order chi connectivity index (χ1) is 14.3. The number of ether oxygens (including phenoxy) is 1. The molecule has 154 valence electrons. The topological polar surface area (TPSA) is 9.23 Å². The lowest BCUT2D eigenvalue weighted by molar-refractivity contribution is 0.148. The molecule has 0 saturated heterocycles. The van der Waals surface area contributed by atoms with Crippen LogP contribution in [0.2, 0.25) is 0 Å². The van der Waals surface area contributed by atoms with E-state index in [0.29, 0.717) is 13.2 Å². The normalized spacial score (nSPS) is 19.5. The fourth-order valence-corrected chi connectivity index (χ4v) is 4.42. The Balaban J connectivity index is 1.50. The molecular formula is C28H36O. The van der Waals surface area contributed by atoms with Gasteiger partial charge in [0, 0.05) is 0 Å². The van der Waals surface area contributed by atoms with Crippen molar-refractivity contribution in [1.29, 1.82) is 0 Å². The monoisotopic (exact) mass is 388 g/mol. The van der Waals surface area contributed by atoms with Crippen molar-refractivity contribution in [3.05, 3.63) is 84.5 Å². The number of rotatable bonds is 10. The minimum atomic E-state index is 0.666. The Morgan fingerprint density at radius 2 is 1.59 bits per heavy atom. The van der Waals surface area contributed by atoms with Crippen molar-refractivity contribution < 1.29 is 4.74 Å². The molecule has 0 bridgehead atoms. The maximum atomic E-state index is 5.63. The summed E-state index contributed by atoms with van der Waals surface area (Å²) in [5.41, 5.74) is 5.32. The van der Waals surface area contributed by atoms with Gasteiger partial charge in [0.25, 0.3) is 0 Å². The molecule has 0 heterocycles. The first kappa shape index (κ1) is 21.6. The van der Waals surface area contributed by atoms with E-state index in [0.717, 1.165) is 11.8 Å². The minimum Gasteiger partial charge on any atom is -0.373 e. The van der Waals surface area contributed by atoms with Gasteiger partial charge in [-0.25, -0.2) is 0 Å². The summed E-state index contributed by atoms with van der Waals surface area (Å²) in [4.78, 5) is 0. The Labute approximate surface area is 177 Å². The van der Waals surface area contributed by atoms with E-state index in [4.69, 9.17) is 4.74 Å². The molecule has 0 unspecified atom stereocenters. The fraction of sp³-hybridized carbons (Fsp3) is 0.429. The van der Waals surface area contributed by atoms with E-state index in [1.807, 2.05) is 19.1 Å². The number of hydrogen-bond acceptors (Lipinski definition) is 1. The Hall–Kier alpha value is -2.12. The van der Waals surface area contributed by atoms with Gasteiger partial charge in [-0.1, -0.05) is 73.2 Å². The first-order valence-electron chi connectivity index (χ1n) is 11.3. The van der Waals surface area contributed by atoms with Crippen molar-refractivity contribution in [3.8, 4) is 11.1 Å². The molecule has 0 atom stereocenters. The number of hydrogen-bond donors (Lipinski definition) is 0. The van der Waals surface area contributed by atoms with Crippen LogP contribution in [-0.4, -0.2) is 6.61 Å². The average Bonchev–Trinajstić information content (AvgIpc) is 2.78. The van der Waals surface area contributed by atoms with Crippen LogP contribution in [0, 0.1) is 5.92 Å². The van der Waals surface area contributed by atoms with E-state index in [9.17, 15) is 0 Å². The van der Waals surface area contributed by atoms with Gasteiger partial charge in [-0.3, -0.25) is 0 Å². The molecule has 0 radical (unpaired) electrons. The molecule has 3 rings (SSSR count). The van der Waals surface area contributed by atoms with Crippen LogP contribution >= 0.6 is 0 Å². The van der Waals surface area contributed by atoms with E-state index in [2.05, 4.69) is 61.2 Å². The summed E-state index contributed by atoms with van der Waals surface area (Å²) in [6, 6.07) is 18.1. The number of unbranched alkanes of at least 4 members (excludes halogenated alkanes) is 1. The van der Waals surface area contributed by atoms with Crippen molar-refractivity contribution in [2.75, 3.05) is 6.61 Å². The maximum Gasteiger partial charge on any atom is 0.0721 e. The third kappa shape index (κ3) is 6.72. The smallest absolute Gasteiger partial charge is 0.0721 e. The Kier molecular flexibility index (Phi) is 8.77. The summed E-state index contributed by atoms with van der Waals surface area (Å²) in [5, 5.41) is 0. The molecule has 0 amide bonds. The highest BCUT2D eigenvalue weighted by molar-refractivity contribution is 5.64. The van der Waals surface area contributed by atoms with Crippen LogP contribution in [0.25, 0.3) is 11.1 Å². The van der Waals surface area contributed by atoms with E-state index < -0.39 is 0 Å². The van der Waals surface area contributed by atoms with Crippen LogP contribution in [0.15, 0.2) is 73.3 Å². The van der Waals surface area contributed by atoms with Gasteiger partial charge in [-0.05, 0) is 79.5 Å². The van der Waals surface area contributed by atoms with Crippen LogP contribution in [0.4, 0.5) is 0 Å². The number of allylic oxidation sites excluding steroid dienone is 2. The zero-order chi connectivity index (χ0) is 20.3. The Morgan fingerprint density at radius 3 is 2.21 bits per heavy atom. The lowest BCUT2D eigenvalue weighted by atomic mass is 9.77. The summed E-state index contributed by atoms with van der Waals surface area (Å²) >= 11 is 0. The van der Waals surface area contributed by atoms with Gasteiger partial charge in [-0.2, -0.15) is 0 Å². The van der Waals surface area contributed by atoms with Crippen molar-refractivity contribution >= 4 is 0 Å². The predicted octanol–water partition coefficient (Wildman–Crippen LogP) is 8.08. The van der Waals surface area contributed by atoms with E-state index >= 15 is 0 Å². The Morgan fingerprint density at radius 1 is 0.931 bits per heavy atom. The maximum absolute atomic E-state index is 5.63. The highest BCUT2D eigenvalue weighted by atomic mass is 16.5. The van der Waals surface area contributed by atoms with Gasteiger partial charge in [0.15, 0.2) is 0 Å². The molecule has 0 aliphatic heterocycles. The van der Waals surface area contributed by atoms with Gasteiger partial charge in [0.1, 0.15) is 0 Å². The second-order valence-corrected chi connectivity index (χ2v) is 8.34. The molecule has 1 fully saturated rings. The van der Waals surface area contributed by atoms with Crippen LogP contribution in [0.1, 0.15) is 68.9 Å². The molecule has 0 aromatic heterocycles. The quantitative estimate of drug-likeness (QED) is 0.295. The summed E-state index contributed by atoms with van der Waals surface area (Å²) in [5.74, 6) is 1.68. The van der Waals surface area contributed by atoms with Gasteiger partial charge in [-0.15, -0.1) is 6.58 Å². The van der Waals surface area contributed by atoms with Gasteiger partial charge in [0.2, 0.25) is 0 Å². The molecule has 0 N–H and O–H groups in total. The molecule has 2 aromatic rings. The van der Waals surface area contributed by atoms with E-state index in [1.54, 1.807) is 0 Å². The minimum absolute atomic E-state index is 0.666. The summed E-state index contributed by atoms with van der Waals surface area (Å²) < 4.78 is 5.63. The summed E-state index contributed by atoms with van der Waals surface area (Å²) in [6.45, 7) is 7.20. The van der Waals surface area contributed by atoms with E-state index in [-0.39, 0.29) is 0 Å². The summed E-state index contributed by atoms with van der Waals surface area (Å²) in [6.07, 6.45) is 15.4. The van der Waals surface area contributed by atoms with Crippen LogP contribution in [-0.2, 0) is 11.3 Å². The largest absolute Gasteiger partial charge is 0.373 e. The molecule has 1 nitrogen and oxygen atoms in total. The lowest BCUT2D eigenvalue weighted by Crippen LogP contribution is -2.13. The van der Waals surface area contributed by atoms with Crippen LogP contribution < -0.4 is 0 Å². The number of benzene rings is 2. The van der Waals surface area contributed by atoms with Crippen LogP contribution in [0.5, 0.6) is 0 Å². The zero-order valence-corrected chi connectivity index (χ0v) is 18.0. The molecule has 2 aromatic carbocycles. The molecule has 1 heteroatoms. The lowest BCUT2D eigenvalue weighted by Gasteiger charge is -2.29. The third-order valence-electron chi connectivity index (χ3n) is 6.26. The SMILES string of the molecule is C=CCCC[C@H]1CC[C@H](c2ccc(-c3ccc(COCC=CC)cc3)cc2)CC1. The van der Waals surface area contributed by atoms with Gasteiger partial charge in [0.05, 0.1) is 13.2 Å². The van der Waals surface area contributed by atoms with Crippen molar-refractivity contribution in [2.45, 2.75) is 64.4 Å². The highest BCUT2D eigenvalue weighted by Crippen LogP contribution is 2.38. The van der Waals surface area contributed by atoms with Gasteiger partial charge >= 0.3 is 0 Å². The zero-order valence-electron chi connectivity index (χ0n) is 18.0. The van der Waals surface area contributed by atoms with E-state index in [1.165, 1.54) is 67.2 Å². The second kappa shape index (κ2) is 11.8. The molecule has 1 aliphatic carbocycles. The fourth-order valence-electron chi connectivity index (χ4n) is 4.42. The standard InChI is InChI=1S/C28H36O/c1-3-5-7-8-23-9-13-25(14-10-23)27-17-19-28(20-18-27)26-15-11-24(12-16-26)22-29-21-6-4-2/h3-4,6,11-12,15-20,23,25H,1,5,7-10,13-14,21-22H2,2H3/t23-,25-. The Bertz CT molecular complexity index is 746. The van der Waals surface area contributed by atoms with Crippen molar-refractivity contribution in [3.63, 3.8) is 0 Å². The average molecular weight is 389 g/mol. The van der Waals surface area contributed by atoms with Crippen LogP contribution in [0.3, 0.4) is 0 Å². The van der Waals surface area contributed by atoms with Crippen molar-refractivity contribution in [1.82, 2.24) is 0 Å². The molecule has 1 aliphatic rings. The molecule has 29 heavy (non-hydrogen) atoms. The highest BCUT2D eigenvalue weighted by Gasteiger charge is 2.21. The van der Waals surface area contributed by atoms with Gasteiger partial charge < -0.3 is 4.74 Å².